The summed E-state index contributed by atoms with van der Waals surface area (Å²) in [5.74, 6) is -1.62. The molecule has 120 valence electrons. The van der Waals surface area contributed by atoms with Crippen LogP contribution in [0, 0.1) is 6.92 Å². The number of carbonyl (C=O) groups excluding carboxylic acids is 1. The first-order chi connectivity index (χ1) is 11.1. The predicted molar refractivity (Wildman–Crippen MR) is 81.4 cm³/mol. The maximum atomic E-state index is 12.2. The molecule has 8 heteroatoms. The fourth-order valence-corrected chi connectivity index (χ4v) is 2.81. The van der Waals surface area contributed by atoms with E-state index < -0.39 is 11.9 Å². The summed E-state index contributed by atoms with van der Waals surface area (Å²) < 4.78 is 1.96. The highest BCUT2D eigenvalue weighted by atomic mass is 16.4. The lowest BCUT2D eigenvalue weighted by molar-refractivity contribution is 0.0689. The minimum atomic E-state index is -1.18. The maximum Gasteiger partial charge on any atom is 0.356 e. The van der Waals surface area contributed by atoms with Gasteiger partial charge in [-0.05, 0) is 19.8 Å². The van der Waals surface area contributed by atoms with Crippen molar-refractivity contribution in [2.45, 2.75) is 38.6 Å². The molecule has 0 atom stereocenters. The number of aromatic carboxylic acids is 1. The maximum absolute atomic E-state index is 12.2. The minimum absolute atomic E-state index is 0.0583. The second-order valence-corrected chi connectivity index (χ2v) is 5.57. The van der Waals surface area contributed by atoms with E-state index in [9.17, 15) is 9.59 Å². The highest BCUT2D eigenvalue weighted by molar-refractivity contribution is 6.03. The Morgan fingerprint density at radius 2 is 1.83 bits per heavy atom. The van der Waals surface area contributed by atoms with E-state index in [1.807, 2.05) is 11.6 Å². The van der Waals surface area contributed by atoms with Crippen molar-refractivity contribution in [1.29, 1.82) is 0 Å². The van der Waals surface area contributed by atoms with E-state index in [2.05, 4.69) is 20.4 Å². The minimum Gasteiger partial charge on any atom is -0.476 e. The molecule has 1 aliphatic rings. The molecule has 1 amide bonds. The number of rotatable bonds is 4. The molecule has 1 fully saturated rings. The fourth-order valence-electron chi connectivity index (χ4n) is 2.81. The lowest BCUT2D eigenvalue weighted by atomic mass is 10.2. The van der Waals surface area contributed by atoms with Crippen LogP contribution in [0.2, 0.25) is 0 Å². The number of hydrogen-bond donors (Lipinski definition) is 2. The Morgan fingerprint density at radius 3 is 2.43 bits per heavy atom. The van der Waals surface area contributed by atoms with E-state index in [4.69, 9.17) is 5.11 Å². The van der Waals surface area contributed by atoms with E-state index in [0.29, 0.717) is 11.7 Å². The molecule has 0 unspecified atom stereocenters. The second kappa shape index (κ2) is 6.15. The molecule has 23 heavy (non-hydrogen) atoms. The van der Waals surface area contributed by atoms with Crippen LogP contribution in [0.4, 0.5) is 5.69 Å². The number of nitrogens with one attached hydrogen (secondary N) is 1. The highest BCUT2D eigenvalue weighted by Gasteiger charge is 2.21. The summed E-state index contributed by atoms with van der Waals surface area (Å²) >= 11 is 0. The van der Waals surface area contributed by atoms with Crippen molar-refractivity contribution in [1.82, 2.24) is 19.7 Å². The van der Waals surface area contributed by atoms with Gasteiger partial charge in [-0.2, -0.15) is 5.10 Å². The van der Waals surface area contributed by atoms with E-state index >= 15 is 0 Å². The molecule has 1 aliphatic carbocycles. The van der Waals surface area contributed by atoms with Crippen molar-refractivity contribution in [3.63, 3.8) is 0 Å². The third-order valence-corrected chi connectivity index (χ3v) is 4.07. The van der Waals surface area contributed by atoms with Crippen LogP contribution in [0.5, 0.6) is 0 Å². The third-order valence-electron chi connectivity index (χ3n) is 4.07. The Balaban J connectivity index is 1.73. The normalized spacial score (nSPS) is 14.8. The Hall–Kier alpha value is -2.77. The van der Waals surface area contributed by atoms with Gasteiger partial charge in [-0.15, -0.1) is 0 Å². The Morgan fingerprint density at radius 1 is 1.17 bits per heavy atom. The van der Waals surface area contributed by atoms with Gasteiger partial charge in [0.2, 0.25) is 0 Å². The average Bonchev–Trinajstić information content (AvgIpc) is 3.18. The van der Waals surface area contributed by atoms with Crippen LogP contribution < -0.4 is 5.32 Å². The van der Waals surface area contributed by atoms with Crippen LogP contribution in [-0.2, 0) is 0 Å². The molecule has 2 heterocycles. The van der Waals surface area contributed by atoms with Crippen molar-refractivity contribution in [2.75, 3.05) is 5.32 Å². The third kappa shape index (κ3) is 3.05. The molecule has 3 rings (SSSR count). The summed E-state index contributed by atoms with van der Waals surface area (Å²) in [4.78, 5) is 30.4. The smallest absolute Gasteiger partial charge is 0.356 e. The van der Waals surface area contributed by atoms with Gasteiger partial charge >= 0.3 is 5.97 Å². The molecule has 0 bridgehead atoms. The van der Waals surface area contributed by atoms with Gasteiger partial charge in [0.05, 0.1) is 36.0 Å². The second-order valence-electron chi connectivity index (χ2n) is 5.57. The summed E-state index contributed by atoms with van der Waals surface area (Å²) in [6.45, 7) is 1.92. The molecule has 0 spiro atoms. The predicted octanol–water partition coefficient (Wildman–Crippen LogP) is 2.05. The molecule has 2 N–H and O–H groups in total. The Kier molecular flexibility index (Phi) is 4.05. The van der Waals surface area contributed by atoms with Crippen LogP contribution in [-0.4, -0.2) is 36.7 Å². The number of aromatic nitrogens is 4. The highest BCUT2D eigenvalue weighted by Crippen LogP contribution is 2.31. The first kappa shape index (κ1) is 15.1. The molecular formula is C15H17N5O3. The monoisotopic (exact) mass is 315 g/mol. The van der Waals surface area contributed by atoms with Crippen molar-refractivity contribution in [3.8, 4) is 0 Å². The van der Waals surface area contributed by atoms with Gasteiger partial charge < -0.3 is 10.4 Å². The molecule has 8 nitrogen and oxygen atoms in total. The summed E-state index contributed by atoms with van der Waals surface area (Å²) in [5, 5.41) is 15.9. The average molecular weight is 315 g/mol. The van der Waals surface area contributed by atoms with Crippen LogP contribution in [0.25, 0.3) is 0 Å². The quantitative estimate of drug-likeness (QED) is 0.893. The number of carbonyl (C=O) groups is 2. The van der Waals surface area contributed by atoms with E-state index in [1.54, 1.807) is 6.20 Å². The molecule has 0 aromatic carbocycles. The molecular weight excluding hydrogens is 298 g/mol. The molecule has 0 radical (unpaired) electrons. The number of hydrogen-bond acceptors (Lipinski definition) is 5. The summed E-state index contributed by atoms with van der Waals surface area (Å²) in [5.41, 5.74) is 1.39. The van der Waals surface area contributed by atoms with E-state index in [0.717, 1.165) is 30.9 Å². The zero-order chi connectivity index (χ0) is 16.4. The van der Waals surface area contributed by atoms with Gasteiger partial charge in [0.15, 0.2) is 5.69 Å². The first-order valence-electron chi connectivity index (χ1n) is 7.47. The number of amides is 1. The van der Waals surface area contributed by atoms with Gasteiger partial charge in [0.25, 0.3) is 5.91 Å². The first-order valence-corrected chi connectivity index (χ1v) is 7.47. The van der Waals surface area contributed by atoms with E-state index in [-0.39, 0.29) is 11.4 Å². The van der Waals surface area contributed by atoms with Gasteiger partial charge in [-0.25, -0.2) is 14.8 Å². The summed E-state index contributed by atoms with van der Waals surface area (Å²) in [6, 6.07) is 0.398. The number of carboxylic acid groups (broad SMARTS) is 1. The Bertz CT molecular complexity index is 732. The fraction of sp³-hybridized carbons (Fsp3) is 0.400. The summed E-state index contributed by atoms with van der Waals surface area (Å²) in [6.07, 6.45) is 8.47. The zero-order valence-corrected chi connectivity index (χ0v) is 12.7. The number of carboxylic acids is 1. The van der Waals surface area contributed by atoms with Crippen molar-refractivity contribution >= 4 is 17.6 Å². The van der Waals surface area contributed by atoms with Crippen molar-refractivity contribution < 1.29 is 14.7 Å². The molecule has 2 aromatic heterocycles. The standard InChI is InChI=1S/C15H17N5O3/c1-9-11(8-18-20(9)10-4-2-3-5-10)19-14(21)12-6-17-13(7-16-12)15(22)23/h6-8,10H,2-5H2,1H3,(H,19,21)(H,22,23). The largest absolute Gasteiger partial charge is 0.476 e. The SMILES string of the molecule is Cc1c(NC(=O)c2cnc(C(=O)O)cn2)cnn1C1CCCC1. The lowest BCUT2D eigenvalue weighted by Gasteiger charge is -2.12. The van der Waals surface area contributed by atoms with Crippen LogP contribution in [0.1, 0.15) is 58.4 Å². The summed E-state index contributed by atoms with van der Waals surface area (Å²) in [7, 11) is 0. The molecule has 0 saturated heterocycles. The van der Waals surface area contributed by atoms with Crippen LogP contribution >= 0.6 is 0 Å². The Labute approximate surface area is 132 Å². The number of nitrogens with zero attached hydrogens (tertiary/aromatic N) is 4. The van der Waals surface area contributed by atoms with Crippen LogP contribution in [0.3, 0.4) is 0 Å². The van der Waals surface area contributed by atoms with Gasteiger partial charge in [0.1, 0.15) is 5.69 Å². The van der Waals surface area contributed by atoms with Crippen LogP contribution in [0.15, 0.2) is 18.6 Å². The molecule has 2 aromatic rings. The van der Waals surface area contributed by atoms with E-state index in [1.165, 1.54) is 12.8 Å². The molecule has 0 aliphatic heterocycles. The van der Waals surface area contributed by atoms with Crippen molar-refractivity contribution in [2.24, 2.45) is 0 Å². The lowest BCUT2D eigenvalue weighted by Crippen LogP contribution is -2.16. The van der Waals surface area contributed by atoms with Crippen molar-refractivity contribution in [3.05, 3.63) is 35.7 Å². The van der Waals surface area contributed by atoms with Gasteiger partial charge in [-0.1, -0.05) is 12.8 Å². The topological polar surface area (TPSA) is 110 Å². The van der Waals surface area contributed by atoms with Gasteiger partial charge in [0, 0.05) is 0 Å². The number of anilines is 1. The van der Waals surface area contributed by atoms with Gasteiger partial charge in [-0.3, -0.25) is 9.48 Å². The molecule has 1 saturated carbocycles. The zero-order valence-electron chi connectivity index (χ0n) is 12.7.